The summed E-state index contributed by atoms with van der Waals surface area (Å²) in [5.41, 5.74) is 1.10. The number of piperazine rings is 1. The van der Waals surface area contributed by atoms with Crippen LogP contribution >= 0.6 is 12.4 Å². The Morgan fingerprint density at radius 2 is 1.65 bits per heavy atom. The number of nitrogens with zero attached hydrogens (tertiary/aromatic N) is 3. The van der Waals surface area contributed by atoms with Crippen LogP contribution in [-0.2, 0) is 9.59 Å². The molecule has 0 saturated carbocycles. The number of hydrogen-bond donors (Lipinski definition) is 0. The van der Waals surface area contributed by atoms with Gasteiger partial charge in [-0.25, -0.2) is 0 Å². The SMILES string of the molecule is CCC(N1CCN(c2ccccc2OC)CC1)N1C(=O)CCCC1=O.Cl. The Balaban J connectivity index is 0.00000243. The average Bonchev–Trinajstić information content (AvgIpc) is 2.65. The third-order valence-electron chi connectivity index (χ3n) is 5.14. The van der Waals surface area contributed by atoms with Crippen LogP contribution in [0.3, 0.4) is 0 Å². The van der Waals surface area contributed by atoms with Gasteiger partial charge < -0.3 is 9.64 Å². The summed E-state index contributed by atoms with van der Waals surface area (Å²) in [4.78, 5) is 30.6. The van der Waals surface area contributed by atoms with Crippen LogP contribution in [0.15, 0.2) is 24.3 Å². The lowest BCUT2D eigenvalue weighted by Crippen LogP contribution is -2.59. The summed E-state index contributed by atoms with van der Waals surface area (Å²) in [5, 5.41) is 0. The van der Waals surface area contributed by atoms with E-state index < -0.39 is 0 Å². The monoisotopic (exact) mass is 381 g/mol. The Morgan fingerprint density at radius 1 is 1.04 bits per heavy atom. The number of piperidine rings is 1. The van der Waals surface area contributed by atoms with Crippen molar-refractivity contribution in [2.24, 2.45) is 0 Å². The van der Waals surface area contributed by atoms with Gasteiger partial charge in [0.1, 0.15) is 5.75 Å². The summed E-state index contributed by atoms with van der Waals surface area (Å²) in [6.07, 6.45) is 2.32. The van der Waals surface area contributed by atoms with Crippen LogP contribution in [0.5, 0.6) is 5.75 Å². The van der Waals surface area contributed by atoms with Crippen molar-refractivity contribution >= 4 is 29.9 Å². The fourth-order valence-electron chi connectivity index (χ4n) is 3.86. The minimum absolute atomic E-state index is 0. The minimum atomic E-state index is -0.111. The number of benzene rings is 1. The second-order valence-electron chi connectivity index (χ2n) is 6.59. The maximum atomic E-state index is 12.3. The van der Waals surface area contributed by atoms with Crippen molar-refractivity contribution in [2.45, 2.75) is 38.8 Å². The maximum Gasteiger partial charge on any atom is 0.230 e. The third kappa shape index (κ3) is 4.13. The van der Waals surface area contributed by atoms with Gasteiger partial charge in [0.05, 0.1) is 19.0 Å². The summed E-state index contributed by atoms with van der Waals surface area (Å²) in [6, 6.07) is 8.04. The number of hydrogen-bond acceptors (Lipinski definition) is 5. The van der Waals surface area contributed by atoms with Crippen molar-refractivity contribution in [3.05, 3.63) is 24.3 Å². The summed E-state index contributed by atoms with van der Waals surface area (Å²) >= 11 is 0. The van der Waals surface area contributed by atoms with E-state index in [0.717, 1.165) is 44.0 Å². The first kappa shape index (κ1) is 20.5. The van der Waals surface area contributed by atoms with Gasteiger partial charge in [0, 0.05) is 39.0 Å². The van der Waals surface area contributed by atoms with Crippen molar-refractivity contribution in [1.82, 2.24) is 9.80 Å². The molecule has 2 fully saturated rings. The first-order chi connectivity index (χ1) is 12.2. The zero-order chi connectivity index (χ0) is 17.8. The molecule has 0 aromatic heterocycles. The molecule has 2 saturated heterocycles. The first-order valence-electron chi connectivity index (χ1n) is 9.12. The molecule has 2 heterocycles. The molecular formula is C19H28ClN3O3. The number of imide groups is 1. The highest BCUT2D eigenvalue weighted by atomic mass is 35.5. The molecule has 2 aliphatic rings. The van der Waals surface area contributed by atoms with Crippen molar-refractivity contribution in [3.8, 4) is 5.75 Å². The summed E-state index contributed by atoms with van der Waals surface area (Å²) in [6.45, 7) is 5.41. The van der Waals surface area contributed by atoms with Gasteiger partial charge in [-0.05, 0) is 25.0 Å². The van der Waals surface area contributed by atoms with Crippen molar-refractivity contribution < 1.29 is 14.3 Å². The van der Waals surface area contributed by atoms with E-state index in [1.165, 1.54) is 4.90 Å². The molecule has 1 unspecified atom stereocenters. The molecule has 1 aromatic rings. The zero-order valence-electron chi connectivity index (χ0n) is 15.5. The van der Waals surface area contributed by atoms with E-state index in [-0.39, 0.29) is 30.4 Å². The normalized spacial score (nSPS) is 19.9. The Labute approximate surface area is 161 Å². The Bertz CT molecular complexity index is 616. The molecule has 3 rings (SSSR count). The molecule has 2 amide bonds. The van der Waals surface area contributed by atoms with Crippen LogP contribution in [0.4, 0.5) is 5.69 Å². The number of ether oxygens (including phenoxy) is 1. The summed E-state index contributed by atoms with van der Waals surface area (Å²) in [7, 11) is 1.69. The number of carbonyl (C=O) groups excluding carboxylic acids is 2. The van der Waals surface area contributed by atoms with Gasteiger partial charge in [0.15, 0.2) is 0 Å². The van der Waals surface area contributed by atoms with Gasteiger partial charge in [0.2, 0.25) is 11.8 Å². The number of rotatable bonds is 5. The predicted octanol–water partition coefficient (Wildman–Crippen LogP) is 2.51. The van der Waals surface area contributed by atoms with Gasteiger partial charge in [0.25, 0.3) is 0 Å². The van der Waals surface area contributed by atoms with Gasteiger partial charge >= 0.3 is 0 Å². The zero-order valence-corrected chi connectivity index (χ0v) is 16.3. The molecule has 144 valence electrons. The number of carbonyl (C=O) groups is 2. The maximum absolute atomic E-state index is 12.3. The molecule has 2 aliphatic heterocycles. The highest BCUT2D eigenvalue weighted by Crippen LogP contribution is 2.29. The van der Waals surface area contributed by atoms with E-state index in [9.17, 15) is 9.59 Å². The number of halogens is 1. The van der Waals surface area contributed by atoms with Gasteiger partial charge in [-0.2, -0.15) is 0 Å². The molecule has 6 nitrogen and oxygen atoms in total. The molecule has 0 N–H and O–H groups in total. The van der Waals surface area contributed by atoms with E-state index in [0.29, 0.717) is 19.3 Å². The van der Waals surface area contributed by atoms with Crippen molar-refractivity contribution in [3.63, 3.8) is 0 Å². The molecule has 1 atom stereocenters. The lowest BCUT2D eigenvalue weighted by molar-refractivity contribution is -0.156. The number of amides is 2. The highest BCUT2D eigenvalue weighted by Gasteiger charge is 2.36. The van der Waals surface area contributed by atoms with Crippen LogP contribution in [-0.4, -0.2) is 61.1 Å². The average molecular weight is 382 g/mol. The number of para-hydroxylation sites is 2. The van der Waals surface area contributed by atoms with E-state index in [1.54, 1.807) is 7.11 Å². The molecule has 0 aliphatic carbocycles. The standard InChI is InChI=1S/C19H27N3O3.ClH/c1-3-17(22-18(23)9-6-10-19(22)24)21-13-11-20(12-14-21)15-7-4-5-8-16(15)25-2;/h4-5,7-8,17H,3,6,9-14H2,1-2H3;1H. The fraction of sp³-hybridized carbons (Fsp3) is 0.579. The van der Waals surface area contributed by atoms with E-state index in [2.05, 4.69) is 15.9 Å². The fourth-order valence-corrected chi connectivity index (χ4v) is 3.86. The second kappa shape index (κ2) is 9.24. The van der Waals surface area contributed by atoms with Crippen LogP contribution in [0.25, 0.3) is 0 Å². The number of anilines is 1. The van der Waals surface area contributed by atoms with Gasteiger partial charge in [-0.3, -0.25) is 19.4 Å². The van der Waals surface area contributed by atoms with Crippen molar-refractivity contribution in [2.75, 3.05) is 38.2 Å². The first-order valence-corrected chi connectivity index (χ1v) is 9.12. The van der Waals surface area contributed by atoms with Crippen molar-refractivity contribution in [1.29, 1.82) is 0 Å². The molecule has 0 spiro atoms. The van der Waals surface area contributed by atoms with Gasteiger partial charge in [-0.1, -0.05) is 19.1 Å². The lowest BCUT2D eigenvalue weighted by atomic mass is 10.1. The highest BCUT2D eigenvalue weighted by molar-refractivity contribution is 5.97. The summed E-state index contributed by atoms with van der Waals surface area (Å²) in [5.74, 6) is 0.842. The van der Waals surface area contributed by atoms with Crippen LogP contribution in [0.1, 0.15) is 32.6 Å². The topological polar surface area (TPSA) is 53.1 Å². The molecule has 26 heavy (non-hydrogen) atoms. The second-order valence-corrected chi connectivity index (χ2v) is 6.59. The molecule has 1 aromatic carbocycles. The van der Waals surface area contributed by atoms with Crippen LogP contribution in [0, 0.1) is 0 Å². The predicted molar refractivity (Wildman–Crippen MR) is 104 cm³/mol. The smallest absolute Gasteiger partial charge is 0.230 e. The number of methoxy groups -OCH3 is 1. The Kier molecular flexibility index (Phi) is 7.29. The number of likely N-dealkylation sites (tertiary alicyclic amines) is 1. The third-order valence-corrected chi connectivity index (χ3v) is 5.14. The minimum Gasteiger partial charge on any atom is -0.495 e. The molecule has 0 bridgehead atoms. The van der Waals surface area contributed by atoms with Crippen LogP contribution in [0.2, 0.25) is 0 Å². The van der Waals surface area contributed by atoms with E-state index >= 15 is 0 Å². The molecular weight excluding hydrogens is 354 g/mol. The largest absolute Gasteiger partial charge is 0.495 e. The van der Waals surface area contributed by atoms with E-state index in [4.69, 9.17) is 4.74 Å². The quantitative estimate of drug-likeness (QED) is 0.733. The Hall–Kier alpha value is -1.79. The Morgan fingerprint density at radius 3 is 2.23 bits per heavy atom. The van der Waals surface area contributed by atoms with E-state index in [1.807, 2.05) is 25.1 Å². The van der Waals surface area contributed by atoms with Crippen LogP contribution < -0.4 is 9.64 Å². The van der Waals surface area contributed by atoms with Gasteiger partial charge in [-0.15, -0.1) is 12.4 Å². The molecule has 7 heteroatoms. The lowest BCUT2D eigenvalue weighted by Gasteiger charge is -2.44. The summed E-state index contributed by atoms with van der Waals surface area (Å²) < 4.78 is 5.46. The molecule has 0 radical (unpaired) electrons.